The maximum atomic E-state index is 12.4. The first-order valence-electron chi connectivity index (χ1n) is 7.38. The van der Waals surface area contributed by atoms with E-state index in [2.05, 4.69) is 32.7 Å². The van der Waals surface area contributed by atoms with Gasteiger partial charge in [-0.3, -0.25) is 9.89 Å². The van der Waals surface area contributed by atoms with E-state index >= 15 is 0 Å². The molecule has 0 aliphatic heterocycles. The van der Waals surface area contributed by atoms with Crippen LogP contribution in [0.4, 0.5) is 5.82 Å². The van der Waals surface area contributed by atoms with Crippen molar-refractivity contribution in [3.8, 4) is 0 Å². The Morgan fingerprint density at radius 3 is 2.91 bits per heavy atom. The number of benzene rings is 1. The van der Waals surface area contributed by atoms with E-state index < -0.39 is 0 Å². The number of carbonyl (C=O) groups is 1. The second-order valence-corrected chi connectivity index (χ2v) is 5.85. The molecule has 0 saturated heterocycles. The van der Waals surface area contributed by atoms with Gasteiger partial charge in [0.2, 0.25) is 5.91 Å². The summed E-state index contributed by atoms with van der Waals surface area (Å²) in [6, 6.07) is 10.2. The number of nitrogens with zero attached hydrogens (tertiary/aromatic N) is 3. The van der Waals surface area contributed by atoms with E-state index in [4.69, 9.17) is 0 Å². The summed E-state index contributed by atoms with van der Waals surface area (Å²) in [5.74, 6) is 1.05. The van der Waals surface area contributed by atoms with Gasteiger partial charge in [-0.1, -0.05) is 30.3 Å². The molecule has 3 aromatic rings. The van der Waals surface area contributed by atoms with Gasteiger partial charge in [0.15, 0.2) is 5.65 Å². The first-order chi connectivity index (χ1) is 10.6. The molecule has 1 aromatic carbocycles. The molecule has 112 valence electrons. The molecule has 2 aromatic heterocycles. The Morgan fingerprint density at radius 1 is 1.36 bits per heavy atom. The Morgan fingerprint density at radius 2 is 2.14 bits per heavy atom. The molecule has 1 aliphatic rings. The van der Waals surface area contributed by atoms with Gasteiger partial charge < -0.3 is 5.32 Å². The summed E-state index contributed by atoms with van der Waals surface area (Å²) < 4.78 is 1.71. The predicted octanol–water partition coefficient (Wildman–Crippen LogP) is 2.35. The minimum Gasteiger partial charge on any atom is -0.310 e. The van der Waals surface area contributed by atoms with Gasteiger partial charge in [-0.25, -0.2) is 4.68 Å². The summed E-state index contributed by atoms with van der Waals surface area (Å²) >= 11 is 0. The number of carbonyl (C=O) groups excluding carboxylic acids is 1. The van der Waals surface area contributed by atoms with Crippen molar-refractivity contribution in [2.24, 2.45) is 13.0 Å². The summed E-state index contributed by atoms with van der Waals surface area (Å²) in [5, 5.41) is 15.3. The fourth-order valence-corrected chi connectivity index (χ4v) is 3.09. The zero-order chi connectivity index (χ0) is 15.3. The lowest BCUT2D eigenvalue weighted by molar-refractivity contribution is -0.117. The van der Waals surface area contributed by atoms with Gasteiger partial charge >= 0.3 is 0 Å². The highest BCUT2D eigenvalue weighted by Crippen LogP contribution is 2.48. The molecule has 2 heterocycles. The second-order valence-electron chi connectivity index (χ2n) is 5.85. The van der Waals surface area contributed by atoms with E-state index in [1.165, 1.54) is 5.56 Å². The average Bonchev–Trinajstić information content (AvgIpc) is 3.14. The number of anilines is 1. The molecular weight excluding hydrogens is 278 g/mol. The molecule has 1 fully saturated rings. The van der Waals surface area contributed by atoms with Crippen LogP contribution in [-0.2, 0) is 11.8 Å². The molecule has 2 N–H and O–H groups in total. The van der Waals surface area contributed by atoms with Crippen LogP contribution in [0.1, 0.15) is 23.6 Å². The zero-order valence-corrected chi connectivity index (χ0v) is 12.5. The van der Waals surface area contributed by atoms with Gasteiger partial charge in [-0.05, 0) is 24.8 Å². The maximum Gasteiger partial charge on any atom is 0.229 e. The van der Waals surface area contributed by atoms with Crippen LogP contribution in [0, 0.1) is 12.8 Å². The monoisotopic (exact) mass is 295 g/mol. The van der Waals surface area contributed by atoms with Crippen LogP contribution in [0.5, 0.6) is 0 Å². The van der Waals surface area contributed by atoms with Gasteiger partial charge in [0, 0.05) is 13.0 Å². The molecule has 0 radical (unpaired) electrons. The number of amides is 1. The van der Waals surface area contributed by atoms with Crippen molar-refractivity contribution in [3.63, 3.8) is 0 Å². The maximum absolute atomic E-state index is 12.4. The molecule has 6 heteroatoms. The molecule has 0 spiro atoms. The van der Waals surface area contributed by atoms with Crippen molar-refractivity contribution in [3.05, 3.63) is 41.6 Å². The Balaban J connectivity index is 1.53. The SMILES string of the molecule is Cc1nn(C)c2n[nH]c(NC(=O)[C@@H]3C[C@H]3c3ccccc3)c12. The quantitative estimate of drug-likeness (QED) is 0.778. The fraction of sp³-hybridized carbons (Fsp3) is 0.312. The number of fused-ring (bicyclic) bond motifs is 1. The summed E-state index contributed by atoms with van der Waals surface area (Å²) in [4.78, 5) is 12.4. The number of aromatic nitrogens is 4. The second kappa shape index (κ2) is 4.69. The van der Waals surface area contributed by atoms with E-state index in [-0.39, 0.29) is 11.8 Å². The first kappa shape index (κ1) is 13.1. The molecular formula is C16H17N5O. The van der Waals surface area contributed by atoms with Crippen LogP contribution >= 0.6 is 0 Å². The van der Waals surface area contributed by atoms with Crippen LogP contribution < -0.4 is 5.32 Å². The van der Waals surface area contributed by atoms with Crippen LogP contribution in [0.15, 0.2) is 30.3 Å². The first-order valence-corrected chi connectivity index (χ1v) is 7.38. The van der Waals surface area contributed by atoms with Gasteiger partial charge in [-0.2, -0.15) is 10.2 Å². The molecule has 4 rings (SSSR count). The largest absolute Gasteiger partial charge is 0.310 e. The Hall–Kier alpha value is -2.63. The van der Waals surface area contributed by atoms with Crippen LogP contribution in [0.3, 0.4) is 0 Å². The molecule has 0 bridgehead atoms. The Labute approximate surface area is 127 Å². The van der Waals surface area contributed by atoms with Gasteiger partial charge in [0.25, 0.3) is 0 Å². The molecule has 1 saturated carbocycles. The third-order valence-corrected chi connectivity index (χ3v) is 4.32. The van der Waals surface area contributed by atoms with Crippen LogP contribution in [-0.4, -0.2) is 25.9 Å². The standard InChI is InChI=1S/C16H17N5O/c1-9-13-14(18-19-15(13)21(2)20-9)17-16(22)12-8-11(12)10-6-4-3-5-7-10/h3-7,11-12H,8H2,1-2H3,(H2,17,18,19,22)/t11-,12+/m0/s1. The van der Waals surface area contributed by atoms with Crippen LogP contribution in [0.2, 0.25) is 0 Å². The Bertz CT molecular complexity index is 848. The van der Waals surface area contributed by atoms with Gasteiger partial charge in [-0.15, -0.1) is 0 Å². The van der Waals surface area contributed by atoms with Crippen molar-refractivity contribution in [1.29, 1.82) is 0 Å². The molecule has 6 nitrogen and oxygen atoms in total. The molecule has 2 atom stereocenters. The average molecular weight is 295 g/mol. The van der Waals surface area contributed by atoms with Gasteiger partial charge in [0.05, 0.1) is 11.1 Å². The normalized spacial score (nSPS) is 20.3. The highest BCUT2D eigenvalue weighted by atomic mass is 16.2. The number of hydrogen-bond acceptors (Lipinski definition) is 3. The summed E-state index contributed by atoms with van der Waals surface area (Å²) in [6.45, 7) is 1.91. The third-order valence-electron chi connectivity index (χ3n) is 4.32. The third kappa shape index (κ3) is 1.99. The summed E-state index contributed by atoms with van der Waals surface area (Å²) in [6.07, 6.45) is 0.902. The Kier molecular flexibility index (Phi) is 2.79. The van der Waals surface area contributed by atoms with Crippen molar-refractivity contribution >= 4 is 22.8 Å². The van der Waals surface area contributed by atoms with E-state index in [0.717, 1.165) is 23.1 Å². The molecule has 0 unspecified atom stereocenters. The van der Waals surface area contributed by atoms with E-state index in [0.29, 0.717) is 11.7 Å². The van der Waals surface area contributed by atoms with Crippen molar-refractivity contribution in [2.45, 2.75) is 19.3 Å². The number of rotatable bonds is 3. The molecule has 1 amide bonds. The highest BCUT2D eigenvalue weighted by molar-refractivity contribution is 6.02. The van der Waals surface area contributed by atoms with Crippen molar-refractivity contribution < 1.29 is 4.79 Å². The predicted molar refractivity (Wildman–Crippen MR) is 83.5 cm³/mol. The van der Waals surface area contributed by atoms with Gasteiger partial charge in [0.1, 0.15) is 5.82 Å². The lowest BCUT2D eigenvalue weighted by Crippen LogP contribution is -2.15. The number of nitrogens with one attached hydrogen (secondary N) is 2. The molecule has 1 aliphatic carbocycles. The number of hydrogen-bond donors (Lipinski definition) is 2. The number of aryl methyl sites for hydroxylation is 2. The van der Waals surface area contributed by atoms with Crippen LogP contribution in [0.25, 0.3) is 11.0 Å². The molecule has 22 heavy (non-hydrogen) atoms. The van der Waals surface area contributed by atoms with E-state index in [1.54, 1.807) is 4.68 Å². The minimum atomic E-state index is 0.0396. The summed E-state index contributed by atoms with van der Waals surface area (Å²) in [7, 11) is 1.84. The van der Waals surface area contributed by atoms with Crippen molar-refractivity contribution in [2.75, 3.05) is 5.32 Å². The summed E-state index contributed by atoms with van der Waals surface area (Å²) in [5.41, 5.74) is 2.84. The zero-order valence-electron chi connectivity index (χ0n) is 12.5. The van der Waals surface area contributed by atoms with E-state index in [1.807, 2.05) is 32.2 Å². The number of aromatic amines is 1. The number of H-pyrrole nitrogens is 1. The smallest absolute Gasteiger partial charge is 0.229 e. The topological polar surface area (TPSA) is 75.6 Å². The fourth-order valence-electron chi connectivity index (χ4n) is 3.09. The lowest BCUT2D eigenvalue weighted by atomic mass is 10.1. The lowest BCUT2D eigenvalue weighted by Gasteiger charge is -2.03. The van der Waals surface area contributed by atoms with Crippen molar-refractivity contribution in [1.82, 2.24) is 20.0 Å². The highest BCUT2D eigenvalue weighted by Gasteiger charge is 2.44. The minimum absolute atomic E-state index is 0.0396. The van der Waals surface area contributed by atoms with E-state index in [9.17, 15) is 4.79 Å².